The minimum absolute atomic E-state index is 0.104. The molecular weight excluding hydrogens is 582 g/mol. The molecule has 2 aliphatic rings. The van der Waals surface area contributed by atoms with Crippen LogP contribution in [0.15, 0.2) is 83.3 Å². The molecule has 4 heterocycles. The highest BCUT2D eigenvalue weighted by molar-refractivity contribution is 5.97. The minimum atomic E-state index is -0.500. The van der Waals surface area contributed by atoms with Crippen LogP contribution in [0.5, 0.6) is 11.5 Å². The van der Waals surface area contributed by atoms with Crippen LogP contribution >= 0.6 is 0 Å². The molecule has 11 nitrogen and oxygen atoms in total. The largest absolute Gasteiger partial charge is 0.457 e. The van der Waals surface area contributed by atoms with Crippen LogP contribution in [0.1, 0.15) is 39.2 Å². The normalized spacial score (nSPS) is 19.3. The smallest absolute Gasteiger partial charge is 0.334 e. The zero-order valence-electron chi connectivity index (χ0n) is 26.4. The van der Waals surface area contributed by atoms with E-state index in [2.05, 4.69) is 16.0 Å². The lowest BCUT2D eigenvalue weighted by molar-refractivity contribution is -0.128. The van der Waals surface area contributed by atoms with Crippen LogP contribution < -0.4 is 16.2 Å². The molecule has 0 radical (unpaired) electrons. The Bertz CT molecular complexity index is 1850. The maximum absolute atomic E-state index is 14.2. The molecule has 0 unspecified atom stereocenters. The lowest BCUT2D eigenvalue weighted by atomic mass is 9.98. The lowest BCUT2D eigenvalue weighted by Crippen LogP contribution is -2.45. The first kappa shape index (κ1) is 31.1. The molecule has 2 aromatic heterocycles. The topological polar surface area (TPSA) is 132 Å². The summed E-state index contributed by atoms with van der Waals surface area (Å²) in [5.74, 6) is 1.25. The summed E-state index contributed by atoms with van der Waals surface area (Å²) in [7, 11) is 1.71. The van der Waals surface area contributed by atoms with Crippen molar-refractivity contribution in [2.75, 3.05) is 39.0 Å². The van der Waals surface area contributed by atoms with Gasteiger partial charge in [0.25, 0.3) is 5.91 Å². The van der Waals surface area contributed by atoms with Gasteiger partial charge in [0.1, 0.15) is 34.5 Å². The van der Waals surface area contributed by atoms with Gasteiger partial charge in [0, 0.05) is 45.0 Å². The fourth-order valence-corrected chi connectivity index (χ4v) is 6.62. The zero-order valence-corrected chi connectivity index (χ0v) is 26.4. The summed E-state index contributed by atoms with van der Waals surface area (Å²) < 4.78 is 14.7. The van der Waals surface area contributed by atoms with Gasteiger partial charge in [-0.1, -0.05) is 18.2 Å². The average Bonchev–Trinajstić information content (AvgIpc) is 3.68. The number of likely N-dealkylation sites (tertiary alicyclic amines) is 2. The van der Waals surface area contributed by atoms with E-state index in [1.165, 1.54) is 0 Å². The van der Waals surface area contributed by atoms with Crippen molar-refractivity contribution < 1.29 is 14.3 Å². The summed E-state index contributed by atoms with van der Waals surface area (Å²) >= 11 is 0. The second-order valence-corrected chi connectivity index (χ2v) is 12.4. The maximum atomic E-state index is 14.2. The van der Waals surface area contributed by atoms with E-state index in [9.17, 15) is 14.9 Å². The third kappa shape index (κ3) is 6.01. The fourth-order valence-electron chi connectivity index (χ4n) is 6.62. The van der Waals surface area contributed by atoms with Crippen LogP contribution in [0.4, 0.5) is 5.82 Å². The van der Waals surface area contributed by atoms with Gasteiger partial charge in [-0.2, -0.15) is 5.26 Å². The Morgan fingerprint density at radius 3 is 2.48 bits per heavy atom. The summed E-state index contributed by atoms with van der Waals surface area (Å²) in [5.41, 5.74) is 7.46. The fraction of sp³-hybridized carbons (Fsp3) is 0.371. The van der Waals surface area contributed by atoms with Crippen LogP contribution in [0.25, 0.3) is 16.7 Å². The highest BCUT2D eigenvalue weighted by atomic mass is 16.5. The van der Waals surface area contributed by atoms with Gasteiger partial charge in [0.15, 0.2) is 0 Å². The SMILES string of the molecule is CO[C@H]1CCN(C(C)(C)C=C(C#N)C(=O)N2CCC[C@@H](n3c(=O)n(-c4ccc(Oc5ccccc5)cc4)c4c(N)nccc43)C2)C1. The maximum Gasteiger partial charge on any atom is 0.334 e. The number of carbonyl (C=O) groups is 1. The number of nitriles is 1. The molecule has 238 valence electrons. The van der Waals surface area contributed by atoms with Crippen molar-refractivity contribution >= 4 is 22.8 Å². The number of anilines is 1. The van der Waals surface area contributed by atoms with Gasteiger partial charge in [0.05, 0.1) is 23.3 Å². The van der Waals surface area contributed by atoms with Gasteiger partial charge in [-0.3, -0.25) is 18.8 Å². The number of benzene rings is 2. The Balaban J connectivity index is 1.28. The van der Waals surface area contributed by atoms with Crippen molar-refractivity contribution in [3.8, 4) is 23.3 Å². The number of amides is 1. The first-order valence-corrected chi connectivity index (χ1v) is 15.6. The molecule has 2 saturated heterocycles. The lowest BCUT2D eigenvalue weighted by Gasteiger charge is -2.35. The van der Waals surface area contributed by atoms with Crippen molar-refractivity contribution in [1.82, 2.24) is 23.9 Å². The van der Waals surface area contributed by atoms with E-state index in [0.29, 0.717) is 54.2 Å². The average molecular weight is 622 g/mol. The van der Waals surface area contributed by atoms with E-state index in [-0.39, 0.29) is 35.1 Å². The molecule has 2 aromatic carbocycles. The van der Waals surface area contributed by atoms with Crippen LogP contribution in [0.2, 0.25) is 0 Å². The predicted octanol–water partition coefficient (Wildman–Crippen LogP) is 4.67. The number of imidazole rings is 1. The number of nitrogens with zero attached hydrogens (tertiary/aromatic N) is 6. The van der Waals surface area contributed by atoms with E-state index in [1.54, 1.807) is 51.6 Å². The third-order valence-electron chi connectivity index (χ3n) is 9.08. The molecule has 1 amide bonds. The number of rotatable bonds is 8. The summed E-state index contributed by atoms with van der Waals surface area (Å²) in [5, 5.41) is 10.1. The number of ether oxygens (including phenoxy) is 2. The molecule has 2 atom stereocenters. The van der Waals surface area contributed by atoms with Gasteiger partial charge < -0.3 is 20.1 Å². The summed E-state index contributed by atoms with van der Waals surface area (Å²) in [6, 6.07) is 20.3. The highest BCUT2D eigenvalue weighted by Gasteiger charge is 2.35. The number of nitrogen functional groups attached to an aromatic ring is 1. The van der Waals surface area contributed by atoms with Gasteiger partial charge in [-0.15, -0.1) is 0 Å². The van der Waals surface area contributed by atoms with Crippen LogP contribution in [0, 0.1) is 11.3 Å². The van der Waals surface area contributed by atoms with Crippen molar-refractivity contribution in [2.45, 2.75) is 50.8 Å². The summed E-state index contributed by atoms with van der Waals surface area (Å²) in [4.78, 5) is 36.2. The van der Waals surface area contributed by atoms with E-state index in [0.717, 1.165) is 19.5 Å². The molecule has 0 aliphatic carbocycles. The molecular formula is C35H39N7O4. The van der Waals surface area contributed by atoms with E-state index >= 15 is 0 Å². The number of nitrogens with two attached hydrogens (primary N) is 1. The van der Waals surface area contributed by atoms with Crippen molar-refractivity contribution in [2.24, 2.45) is 0 Å². The Kier molecular flexibility index (Phi) is 8.67. The van der Waals surface area contributed by atoms with Crippen LogP contribution in [0.3, 0.4) is 0 Å². The number of piperidine rings is 1. The molecule has 0 spiro atoms. The van der Waals surface area contributed by atoms with Gasteiger partial charge >= 0.3 is 5.69 Å². The Morgan fingerprint density at radius 2 is 1.78 bits per heavy atom. The number of aromatic nitrogens is 3. The molecule has 11 heteroatoms. The summed E-state index contributed by atoms with van der Waals surface area (Å²) in [6.07, 6.45) is 5.79. The van der Waals surface area contributed by atoms with E-state index in [4.69, 9.17) is 15.2 Å². The molecule has 46 heavy (non-hydrogen) atoms. The number of para-hydroxylation sites is 1. The monoisotopic (exact) mass is 621 g/mol. The highest BCUT2D eigenvalue weighted by Crippen LogP contribution is 2.31. The van der Waals surface area contributed by atoms with Crippen molar-refractivity contribution in [3.63, 3.8) is 0 Å². The van der Waals surface area contributed by atoms with Gasteiger partial charge in [-0.25, -0.2) is 9.78 Å². The minimum Gasteiger partial charge on any atom is -0.457 e. The van der Waals surface area contributed by atoms with E-state index in [1.807, 2.05) is 56.3 Å². The van der Waals surface area contributed by atoms with E-state index < -0.39 is 5.54 Å². The second kappa shape index (κ2) is 12.8. The standard InChI is InChI=1S/C35H39N7O4/c1-35(2,40-19-16-29(23-40)45-3)20-24(21-36)33(43)39-18-7-8-26(22-39)41-30-15-17-38-32(37)31(30)42(34(41)44)25-11-13-28(14-12-25)46-27-9-5-4-6-10-27/h4-6,9-15,17,20,26,29H,7-8,16,18-19,22-23H2,1-3H3,(H2,37,38)/t26-,29+/m1/s1. The number of fused-ring (bicyclic) bond motifs is 1. The predicted molar refractivity (Wildman–Crippen MR) is 176 cm³/mol. The quantitative estimate of drug-likeness (QED) is 0.222. The molecule has 0 saturated carbocycles. The van der Waals surface area contributed by atoms with Crippen LogP contribution in [-0.4, -0.2) is 74.8 Å². The van der Waals surface area contributed by atoms with Crippen molar-refractivity contribution in [3.05, 3.63) is 89.0 Å². The summed E-state index contributed by atoms with van der Waals surface area (Å²) in [6.45, 7) is 6.40. The number of carbonyl (C=O) groups excluding carboxylic acids is 1. The number of hydrogen-bond donors (Lipinski definition) is 1. The van der Waals surface area contributed by atoms with Gasteiger partial charge in [0.2, 0.25) is 0 Å². The first-order chi connectivity index (χ1) is 22.2. The molecule has 2 fully saturated rings. The Hall–Kier alpha value is -4.92. The zero-order chi connectivity index (χ0) is 32.4. The van der Waals surface area contributed by atoms with Crippen LogP contribution in [-0.2, 0) is 9.53 Å². The van der Waals surface area contributed by atoms with Gasteiger partial charge in [-0.05, 0) is 81.7 Å². The van der Waals surface area contributed by atoms with Crippen molar-refractivity contribution in [1.29, 1.82) is 5.26 Å². The molecule has 2 aliphatic heterocycles. The molecule has 4 aromatic rings. The molecule has 0 bridgehead atoms. The number of hydrogen-bond acceptors (Lipinski definition) is 8. The third-order valence-corrected chi connectivity index (χ3v) is 9.08. The number of pyridine rings is 1. The molecule has 6 rings (SSSR count). The number of methoxy groups -OCH3 is 1. The first-order valence-electron chi connectivity index (χ1n) is 15.6. The Labute approximate surface area is 268 Å². The molecule has 2 N–H and O–H groups in total. The Morgan fingerprint density at radius 1 is 1.04 bits per heavy atom. The second-order valence-electron chi connectivity index (χ2n) is 12.4.